The van der Waals surface area contributed by atoms with E-state index in [1.807, 2.05) is 26.0 Å². The molecule has 1 atom stereocenters. The summed E-state index contributed by atoms with van der Waals surface area (Å²) in [6.07, 6.45) is 5.65. The van der Waals surface area contributed by atoms with Crippen LogP contribution >= 0.6 is 0 Å². The van der Waals surface area contributed by atoms with Crippen LogP contribution in [0.15, 0.2) is 36.7 Å². The van der Waals surface area contributed by atoms with Crippen molar-refractivity contribution in [3.63, 3.8) is 0 Å². The lowest BCUT2D eigenvalue weighted by Gasteiger charge is -2.33. The second-order valence-electron chi connectivity index (χ2n) is 6.53. The Morgan fingerprint density at radius 1 is 1.04 bits per heavy atom. The minimum atomic E-state index is 0.0540. The lowest BCUT2D eigenvalue weighted by atomic mass is 10.1. The molecule has 0 amide bonds. The number of aromatic nitrogens is 4. The third-order valence-corrected chi connectivity index (χ3v) is 4.56. The maximum atomic E-state index is 5.99. The van der Waals surface area contributed by atoms with Crippen molar-refractivity contribution < 1.29 is 4.74 Å². The second kappa shape index (κ2) is 6.63. The summed E-state index contributed by atoms with van der Waals surface area (Å²) in [4.78, 5) is 10.8. The smallest absolute Gasteiger partial charge is 0.316 e. The van der Waals surface area contributed by atoms with E-state index >= 15 is 0 Å². The van der Waals surface area contributed by atoms with Crippen LogP contribution in [0.4, 0.5) is 5.82 Å². The predicted octanol–water partition coefficient (Wildman–Crippen LogP) is 3.08. The number of ether oxygens (including phenoxy) is 1. The average Bonchev–Trinajstić information content (AvgIpc) is 2.64. The molecule has 0 aliphatic carbocycles. The van der Waals surface area contributed by atoms with Gasteiger partial charge in [-0.25, -0.2) is 9.97 Å². The van der Waals surface area contributed by atoms with Crippen LogP contribution in [-0.2, 0) is 0 Å². The first kappa shape index (κ1) is 15.7. The summed E-state index contributed by atoms with van der Waals surface area (Å²) < 4.78 is 5.99. The number of nitrogens with zero attached hydrogens (tertiary/aromatic N) is 5. The van der Waals surface area contributed by atoms with Crippen molar-refractivity contribution in [3.8, 4) is 6.01 Å². The molecule has 4 rings (SSSR count). The number of hydrogen-bond acceptors (Lipinski definition) is 6. The molecular weight excluding hydrogens is 314 g/mol. The summed E-state index contributed by atoms with van der Waals surface area (Å²) >= 11 is 0. The Labute approximate surface area is 146 Å². The second-order valence-corrected chi connectivity index (χ2v) is 6.53. The van der Waals surface area contributed by atoms with E-state index in [9.17, 15) is 0 Å². The van der Waals surface area contributed by atoms with Crippen molar-refractivity contribution in [1.29, 1.82) is 0 Å². The highest BCUT2D eigenvalue weighted by Crippen LogP contribution is 2.28. The maximum Gasteiger partial charge on any atom is 0.316 e. The summed E-state index contributed by atoms with van der Waals surface area (Å²) in [7, 11) is 0. The van der Waals surface area contributed by atoms with E-state index in [4.69, 9.17) is 4.74 Å². The number of anilines is 1. The molecule has 3 heterocycles. The molecule has 0 spiro atoms. The molecule has 6 heteroatoms. The monoisotopic (exact) mass is 335 g/mol. The topological polar surface area (TPSA) is 64.0 Å². The average molecular weight is 335 g/mol. The number of hydrogen-bond donors (Lipinski definition) is 0. The summed E-state index contributed by atoms with van der Waals surface area (Å²) in [5, 5.41) is 11.1. The number of fused-ring (bicyclic) bond motifs is 1. The Morgan fingerprint density at radius 3 is 2.60 bits per heavy atom. The van der Waals surface area contributed by atoms with Crippen molar-refractivity contribution in [1.82, 2.24) is 20.2 Å². The van der Waals surface area contributed by atoms with Crippen LogP contribution in [0.2, 0.25) is 0 Å². The molecule has 0 N–H and O–H groups in total. The van der Waals surface area contributed by atoms with Crippen LogP contribution < -0.4 is 9.64 Å². The molecule has 1 aromatic carbocycles. The fourth-order valence-corrected chi connectivity index (χ4v) is 3.27. The van der Waals surface area contributed by atoms with E-state index in [-0.39, 0.29) is 6.10 Å². The molecule has 1 aliphatic heterocycles. The van der Waals surface area contributed by atoms with Gasteiger partial charge in [0.2, 0.25) is 0 Å². The predicted molar refractivity (Wildman–Crippen MR) is 96.9 cm³/mol. The lowest BCUT2D eigenvalue weighted by molar-refractivity contribution is 0.164. The molecule has 0 saturated carbocycles. The van der Waals surface area contributed by atoms with E-state index in [0.29, 0.717) is 6.01 Å². The lowest BCUT2D eigenvalue weighted by Crippen LogP contribution is -2.42. The highest BCUT2D eigenvalue weighted by molar-refractivity contribution is 5.93. The number of piperidine rings is 1. The number of rotatable bonds is 3. The summed E-state index contributed by atoms with van der Waals surface area (Å²) in [6, 6.07) is 8.74. The third-order valence-electron chi connectivity index (χ3n) is 4.56. The normalized spacial score (nSPS) is 17.7. The maximum absolute atomic E-state index is 5.99. The van der Waals surface area contributed by atoms with Crippen molar-refractivity contribution in [2.24, 2.45) is 0 Å². The van der Waals surface area contributed by atoms with Gasteiger partial charge in [0, 0.05) is 29.7 Å². The molecule has 25 heavy (non-hydrogen) atoms. The first-order chi connectivity index (χ1) is 12.2. The number of aryl methyl sites for hydroxylation is 2. The van der Waals surface area contributed by atoms with Gasteiger partial charge in [-0.2, -0.15) is 5.10 Å². The molecule has 128 valence electrons. The largest absolute Gasteiger partial charge is 0.458 e. The van der Waals surface area contributed by atoms with Gasteiger partial charge in [-0.3, -0.25) is 0 Å². The van der Waals surface area contributed by atoms with E-state index < -0.39 is 0 Å². The summed E-state index contributed by atoms with van der Waals surface area (Å²) in [5.74, 6) is 0.930. The summed E-state index contributed by atoms with van der Waals surface area (Å²) in [5.41, 5.74) is 1.98. The first-order valence-corrected chi connectivity index (χ1v) is 8.63. The van der Waals surface area contributed by atoms with Gasteiger partial charge in [0.25, 0.3) is 0 Å². The van der Waals surface area contributed by atoms with Crippen LogP contribution in [0.1, 0.15) is 24.1 Å². The molecule has 0 radical (unpaired) electrons. The van der Waals surface area contributed by atoms with Gasteiger partial charge in [0.15, 0.2) is 5.82 Å². The molecule has 1 aliphatic rings. The highest BCUT2D eigenvalue weighted by Gasteiger charge is 2.24. The van der Waals surface area contributed by atoms with E-state index in [2.05, 4.69) is 37.2 Å². The van der Waals surface area contributed by atoms with Crippen LogP contribution in [0.5, 0.6) is 6.01 Å². The van der Waals surface area contributed by atoms with Gasteiger partial charge >= 0.3 is 6.01 Å². The standard InChI is InChI=1S/C19H21N5O/c1-13-10-20-19(21-11-13)25-15-6-5-9-24(12-15)18-17-8-4-3-7-16(17)14(2)22-23-18/h3-4,7-8,10-11,15H,5-6,9,12H2,1-2H3. The Balaban J connectivity index is 1.57. The van der Waals surface area contributed by atoms with Gasteiger partial charge in [-0.1, -0.05) is 24.3 Å². The molecule has 3 aromatic rings. The SMILES string of the molecule is Cc1cnc(OC2CCCN(c3nnc(C)c4ccccc34)C2)nc1. The zero-order valence-electron chi connectivity index (χ0n) is 14.5. The van der Waals surface area contributed by atoms with Gasteiger partial charge in [-0.15, -0.1) is 5.10 Å². The number of benzene rings is 1. The molecular formula is C19H21N5O. The Morgan fingerprint density at radius 2 is 1.80 bits per heavy atom. The van der Waals surface area contributed by atoms with Crippen LogP contribution in [-0.4, -0.2) is 39.4 Å². The van der Waals surface area contributed by atoms with Crippen molar-refractivity contribution in [3.05, 3.63) is 47.9 Å². The highest BCUT2D eigenvalue weighted by atomic mass is 16.5. The zero-order valence-corrected chi connectivity index (χ0v) is 14.5. The molecule has 1 saturated heterocycles. The van der Waals surface area contributed by atoms with Crippen molar-refractivity contribution in [2.75, 3.05) is 18.0 Å². The van der Waals surface area contributed by atoms with Gasteiger partial charge in [0.1, 0.15) is 6.10 Å². The Bertz CT molecular complexity index is 881. The third kappa shape index (κ3) is 3.24. The first-order valence-electron chi connectivity index (χ1n) is 8.63. The quantitative estimate of drug-likeness (QED) is 0.733. The molecule has 2 aromatic heterocycles. The fourth-order valence-electron chi connectivity index (χ4n) is 3.27. The van der Waals surface area contributed by atoms with E-state index in [0.717, 1.165) is 53.8 Å². The van der Waals surface area contributed by atoms with Crippen molar-refractivity contribution in [2.45, 2.75) is 32.8 Å². The summed E-state index contributed by atoms with van der Waals surface area (Å²) in [6.45, 7) is 5.68. The van der Waals surface area contributed by atoms with Gasteiger partial charge < -0.3 is 9.64 Å². The van der Waals surface area contributed by atoms with Crippen LogP contribution in [0.3, 0.4) is 0 Å². The van der Waals surface area contributed by atoms with Crippen LogP contribution in [0, 0.1) is 13.8 Å². The van der Waals surface area contributed by atoms with Crippen molar-refractivity contribution >= 4 is 16.6 Å². The van der Waals surface area contributed by atoms with Crippen LogP contribution in [0.25, 0.3) is 10.8 Å². The Hall–Kier alpha value is -2.76. The van der Waals surface area contributed by atoms with Gasteiger partial charge in [-0.05, 0) is 32.3 Å². The fraction of sp³-hybridized carbons (Fsp3) is 0.368. The molecule has 1 fully saturated rings. The minimum absolute atomic E-state index is 0.0540. The Kier molecular flexibility index (Phi) is 4.17. The van der Waals surface area contributed by atoms with E-state index in [1.54, 1.807) is 12.4 Å². The minimum Gasteiger partial charge on any atom is -0.458 e. The molecule has 1 unspecified atom stereocenters. The van der Waals surface area contributed by atoms with Gasteiger partial charge in [0.05, 0.1) is 12.2 Å². The zero-order chi connectivity index (χ0) is 17.2. The molecule has 0 bridgehead atoms. The molecule has 6 nitrogen and oxygen atoms in total. The van der Waals surface area contributed by atoms with E-state index in [1.165, 1.54) is 0 Å².